The van der Waals surface area contributed by atoms with Crippen LogP contribution in [-0.2, 0) is 10.4 Å². The van der Waals surface area contributed by atoms with Crippen LogP contribution in [0.1, 0.15) is 38.3 Å². The Morgan fingerprint density at radius 1 is 1.44 bits per heavy atom. The number of hydrogen-bond acceptors (Lipinski definition) is 3. The van der Waals surface area contributed by atoms with Gasteiger partial charge in [0.05, 0.1) is 18.1 Å². The highest BCUT2D eigenvalue weighted by Gasteiger charge is 2.27. The van der Waals surface area contributed by atoms with Gasteiger partial charge in [0.2, 0.25) is 0 Å². The summed E-state index contributed by atoms with van der Waals surface area (Å²) in [6, 6.07) is 5.23. The third-order valence-electron chi connectivity index (χ3n) is 2.65. The summed E-state index contributed by atoms with van der Waals surface area (Å²) in [6.45, 7) is 7.25. The molecule has 2 N–H and O–H groups in total. The Hall–Kier alpha value is -1.55. The molecule has 0 radical (unpaired) electrons. The second kappa shape index (κ2) is 5.40. The van der Waals surface area contributed by atoms with Gasteiger partial charge in [0.1, 0.15) is 5.75 Å². The normalized spacial score (nSPS) is 14.3. The van der Waals surface area contributed by atoms with E-state index in [1.807, 2.05) is 20.8 Å². The second-order valence-corrected chi connectivity index (χ2v) is 4.99. The van der Waals surface area contributed by atoms with Crippen molar-refractivity contribution in [3.63, 3.8) is 0 Å². The van der Waals surface area contributed by atoms with Gasteiger partial charge in [-0.3, -0.25) is 4.79 Å². The first kappa shape index (κ1) is 14.5. The molecular weight excluding hydrogens is 232 g/mol. The standard InChI is InChI=1S/C14H20O4/c1-9(2)18-12-6-5-11(7-10(12)3)14(4,17)8-13(15)16/h5-7,9,17H,8H2,1-4H3,(H,15,16). The van der Waals surface area contributed by atoms with E-state index in [0.29, 0.717) is 5.56 Å². The van der Waals surface area contributed by atoms with Crippen molar-refractivity contribution in [2.75, 3.05) is 0 Å². The Bertz CT molecular complexity index is 435. The van der Waals surface area contributed by atoms with E-state index in [0.717, 1.165) is 11.3 Å². The van der Waals surface area contributed by atoms with Crippen LogP contribution < -0.4 is 4.74 Å². The number of ether oxygens (including phenoxy) is 1. The topological polar surface area (TPSA) is 66.8 Å². The van der Waals surface area contributed by atoms with Crippen molar-refractivity contribution in [2.24, 2.45) is 0 Å². The smallest absolute Gasteiger partial charge is 0.306 e. The molecule has 18 heavy (non-hydrogen) atoms. The van der Waals surface area contributed by atoms with Gasteiger partial charge in [-0.05, 0) is 51.0 Å². The second-order valence-electron chi connectivity index (χ2n) is 4.99. The number of aryl methyl sites for hydroxylation is 1. The summed E-state index contributed by atoms with van der Waals surface area (Å²) in [7, 11) is 0. The van der Waals surface area contributed by atoms with E-state index < -0.39 is 11.6 Å². The molecule has 1 aromatic rings. The fourth-order valence-corrected chi connectivity index (χ4v) is 1.77. The van der Waals surface area contributed by atoms with Crippen molar-refractivity contribution >= 4 is 5.97 Å². The fraction of sp³-hybridized carbons (Fsp3) is 0.500. The number of rotatable bonds is 5. The molecule has 1 atom stereocenters. The number of carboxylic acid groups (broad SMARTS) is 1. The molecule has 4 heteroatoms. The van der Waals surface area contributed by atoms with E-state index in [4.69, 9.17) is 9.84 Å². The molecule has 0 saturated carbocycles. The first-order valence-electron chi connectivity index (χ1n) is 5.94. The maximum absolute atomic E-state index is 10.7. The molecule has 0 saturated heterocycles. The number of carbonyl (C=O) groups is 1. The monoisotopic (exact) mass is 252 g/mol. The summed E-state index contributed by atoms with van der Waals surface area (Å²) in [4.78, 5) is 10.7. The molecule has 0 aliphatic heterocycles. The molecule has 0 spiro atoms. The number of benzene rings is 1. The van der Waals surface area contributed by atoms with Crippen LogP contribution in [0, 0.1) is 6.92 Å². The zero-order chi connectivity index (χ0) is 13.9. The predicted molar refractivity (Wildman–Crippen MR) is 68.8 cm³/mol. The lowest BCUT2D eigenvalue weighted by Crippen LogP contribution is -2.25. The van der Waals surface area contributed by atoms with Gasteiger partial charge in [-0.15, -0.1) is 0 Å². The van der Waals surface area contributed by atoms with Crippen LogP contribution in [0.5, 0.6) is 5.75 Å². The molecule has 1 unspecified atom stereocenters. The number of hydrogen-bond donors (Lipinski definition) is 2. The van der Waals surface area contributed by atoms with Gasteiger partial charge < -0.3 is 14.9 Å². The minimum Gasteiger partial charge on any atom is -0.491 e. The summed E-state index contributed by atoms with van der Waals surface area (Å²) < 4.78 is 5.60. The van der Waals surface area contributed by atoms with Crippen molar-refractivity contribution in [1.82, 2.24) is 0 Å². The van der Waals surface area contributed by atoms with Crippen LogP contribution in [0.2, 0.25) is 0 Å². The summed E-state index contributed by atoms with van der Waals surface area (Å²) in [6.07, 6.45) is -0.245. The number of aliphatic carboxylic acids is 1. The first-order valence-corrected chi connectivity index (χ1v) is 5.94. The van der Waals surface area contributed by atoms with Gasteiger partial charge >= 0.3 is 5.97 Å². The number of aliphatic hydroxyl groups is 1. The number of carboxylic acids is 1. The Labute approximate surface area is 107 Å². The van der Waals surface area contributed by atoms with Crippen molar-refractivity contribution in [1.29, 1.82) is 0 Å². The molecule has 0 amide bonds. The zero-order valence-electron chi connectivity index (χ0n) is 11.2. The summed E-state index contributed by atoms with van der Waals surface area (Å²) in [5, 5.41) is 18.9. The van der Waals surface area contributed by atoms with Crippen LogP contribution in [0.3, 0.4) is 0 Å². The third-order valence-corrected chi connectivity index (χ3v) is 2.65. The lowest BCUT2D eigenvalue weighted by Gasteiger charge is -2.23. The summed E-state index contributed by atoms with van der Waals surface area (Å²) in [5.74, 6) is -0.278. The van der Waals surface area contributed by atoms with E-state index >= 15 is 0 Å². The average molecular weight is 252 g/mol. The summed E-state index contributed by atoms with van der Waals surface area (Å²) >= 11 is 0. The highest BCUT2D eigenvalue weighted by atomic mass is 16.5. The molecule has 0 aliphatic rings. The van der Waals surface area contributed by atoms with Crippen LogP contribution in [0.25, 0.3) is 0 Å². The fourth-order valence-electron chi connectivity index (χ4n) is 1.77. The molecule has 0 aliphatic carbocycles. The van der Waals surface area contributed by atoms with Gasteiger partial charge in [-0.1, -0.05) is 6.07 Å². The molecular formula is C14H20O4. The van der Waals surface area contributed by atoms with Crippen molar-refractivity contribution in [2.45, 2.75) is 45.8 Å². The van der Waals surface area contributed by atoms with Crippen molar-refractivity contribution in [3.8, 4) is 5.75 Å². The first-order chi connectivity index (χ1) is 8.22. The van der Waals surface area contributed by atoms with Crippen molar-refractivity contribution < 1.29 is 19.7 Å². The quantitative estimate of drug-likeness (QED) is 0.844. The Morgan fingerprint density at radius 3 is 2.50 bits per heavy atom. The average Bonchev–Trinajstić information content (AvgIpc) is 2.18. The maximum Gasteiger partial charge on any atom is 0.306 e. The van der Waals surface area contributed by atoms with Crippen LogP contribution in [-0.4, -0.2) is 22.3 Å². The van der Waals surface area contributed by atoms with E-state index in [1.165, 1.54) is 6.92 Å². The van der Waals surface area contributed by atoms with E-state index in [9.17, 15) is 9.90 Å². The molecule has 4 nitrogen and oxygen atoms in total. The molecule has 0 bridgehead atoms. The summed E-state index contributed by atoms with van der Waals surface area (Å²) in [5.41, 5.74) is 0.0952. The predicted octanol–water partition coefficient (Wildman–Crippen LogP) is 2.46. The Kier molecular flexibility index (Phi) is 4.35. The molecule has 0 fully saturated rings. The Morgan fingerprint density at radius 2 is 2.06 bits per heavy atom. The zero-order valence-corrected chi connectivity index (χ0v) is 11.2. The maximum atomic E-state index is 10.7. The molecule has 100 valence electrons. The lowest BCUT2D eigenvalue weighted by atomic mass is 9.91. The molecule has 1 aromatic carbocycles. The Balaban J connectivity index is 2.99. The van der Waals surface area contributed by atoms with Gasteiger partial charge in [0.25, 0.3) is 0 Å². The van der Waals surface area contributed by atoms with E-state index in [1.54, 1.807) is 18.2 Å². The van der Waals surface area contributed by atoms with E-state index in [-0.39, 0.29) is 12.5 Å². The van der Waals surface area contributed by atoms with Gasteiger partial charge in [0.15, 0.2) is 0 Å². The minimum atomic E-state index is -1.37. The van der Waals surface area contributed by atoms with Gasteiger partial charge in [-0.2, -0.15) is 0 Å². The largest absolute Gasteiger partial charge is 0.491 e. The molecule has 0 aromatic heterocycles. The lowest BCUT2D eigenvalue weighted by molar-refractivity contribution is -0.142. The van der Waals surface area contributed by atoms with E-state index in [2.05, 4.69) is 0 Å². The van der Waals surface area contributed by atoms with Crippen LogP contribution >= 0.6 is 0 Å². The van der Waals surface area contributed by atoms with Gasteiger partial charge in [-0.25, -0.2) is 0 Å². The minimum absolute atomic E-state index is 0.0779. The highest BCUT2D eigenvalue weighted by Crippen LogP contribution is 2.29. The van der Waals surface area contributed by atoms with Crippen molar-refractivity contribution in [3.05, 3.63) is 29.3 Å². The van der Waals surface area contributed by atoms with Gasteiger partial charge in [0, 0.05) is 0 Å². The van der Waals surface area contributed by atoms with Crippen LogP contribution in [0.15, 0.2) is 18.2 Å². The molecule has 1 rings (SSSR count). The third kappa shape index (κ3) is 3.74. The molecule has 0 heterocycles. The highest BCUT2D eigenvalue weighted by molar-refractivity contribution is 5.68. The SMILES string of the molecule is Cc1cc(C(C)(O)CC(=O)O)ccc1OC(C)C. The van der Waals surface area contributed by atoms with Crippen LogP contribution in [0.4, 0.5) is 0 Å².